The van der Waals surface area contributed by atoms with Gasteiger partial charge in [-0.05, 0) is 23.5 Å². The number of carbonyl (C=O) groups excluding carboxylic acids is 1. The van der Waals surface area contributed by atoms with E-state index >= 15 is 0 Å². The molecule has 5 nitrogen and oxygen atoms in total. The topological polar surface area (TPSA) is 59.4 Å². The minimum absolute atomic E-state index is 0.0111. The SMILES string of the molecule is CC(C)C(C)(C)CNC(=O)N1CCN(c2ccccc2C#N)CC1. The molecule has 1 aromatic rings. The van der Waals surface area contributed by atoms with Gasteiger partial charge in [0, 0.05) is 32.7 Å². The highest BCUT2D eigenvalue weighted by Gasteiger charge is 2.26. The first-order valence-corrected chi connectivity index (χ1v) is 8.62. The van der Waals surface area contributed by atoms with Crippen LogP contribution in [0.1, 0.15) is 33.3 Å². The molecule has 1 aromatic carbocycles. The number of para-hydroxylation sites is 1. The van der Waals surface area contributed by atoms with E-state index in [9.17, 15) is 10.1 Å². The van der Waals surface area contributed by atoms with Crippen molar-refractivity contribution in [1.29, 1.82) is 5.26 Å². The fourth-order valence-electron chi connectivity index (χ4n) is 2.61. The van der Waals surface area contributed by atoms with Gasteiger partial charge < -0.3 is 15.1 Å². The fourth-order valence-corrected chi connectivity index (χ4v) is 2.61. The lowest BCUT2D eigenvalue weighted by Crippen LogP contribution is -2.53. The van der Waals surface area contributed by atoms with Crippen LogP contribution in [0.3, 0.4) is 0 Å². The van der Waals surface area contributed by atoms with Gasteiger partial charge in [-0.1, -0.05) is 39.8 Å². The van der Waals surface area contributed by atoms with Crippen LogP contribution in [0, 0.1) is 22.7 Å². The van der Waals surface area contributed by atoms with Crippen molar-refractivity contribution in [3.8, 4) is 6.07 Å². The summed E-state index contributed by atoms with van der Waals surface area (Å²) in [6.07, 6.45) is 0. The molecule has 0 atom stereocenters. The zero-order valence-corrected chi connectivity index (χ0v) is 15.2. The highest BCUT2D eigenvalue weighted by Crippen LogP contribution is 2.25. The molecule has 130 valence electrons. The van der Waals surface area contributed by atoms with Crippen LogP contribution >= 0.6 is 0 Å². The third-order valence-corrected chi connectivity index (χ3v) is 5.19. The first-order chi connectivity index (χ1) is 11.3. The lowest BCUT2D eigenvalue weighted by Gasteiger charge is -2.37. The maximum atomic E-state index is 12.4. The Morgan fingerprint density at radius 2 is 1.88 bits per heavy atom. The molecule has 5 heteroatoms. The van der Waals surface area contributed by atoms with Crippen LogP contribution in [0.2, 0.25) is 0 Å². The zero-order valence-electron chi connectivity index (χ0n) is 15.2. The van der Waals surface area contributed by atoms with Crippen molar-refractivity contribution in [2.45, 2.75) is 27.7 Å². The Morgan fingerprint density at radius 1 is 1.25 bits per heavy atom. The smallest absolute Gasteiger partial charge is 0.317 e. The van der Waals surface area contributed by atoms with E-state index in [1.807, 2.05) is 29.2 Å². The summed E-state index contributed by atoms with van der Waals surface area (Å²) in [5.41, 5.74) is 1.73. The fraction of sp³-hybridized carbons (Fsp3) is 0.579. The molecule has 0 saturated carbocycles. The number of anilines is 1. The maximum Gasteiger partial charge on any atom is 0.317 e. The normalized spacial score (nSPS) is 15.3. The minimum atomic E-state index is 0.0111. The molecule has 1 fully saturated rings. The van der Waals surface area contributed by atoms with Crippen LogP contribution in [-0.4, -0.2) is 43.7 Å². The molecule has 1 heterocycles. The monoisotopic (exact) mass is 328 g/mol. The first kappa shape index (κ1) is 18.1. The lowest BCUT2D eigenvalue weighted by molar-refractivity contribution is 0.180. The molecule has 0 aliphatic carbocycles. The van der Waals surface area contributed by atoms with Gasteiger partial charge in [-0.25, -0.2) is 4.79 Å². The summed E-state index contributed by atoms with van der Waals surface area (Å²) in [7, 11) is 0. The molecule has 2 amide bonds. The minimum Gasteiger partial charge on any atom is -0.367 e. The van der Waals surface area contributed by atoms with Crippen LogP contribution in [0.15, 0.2) is 24.3 Å². The van der Waals surface area contributed by atoms with Crippen molar-refractivity contribution in [2.75, 3.05) is 37.6 Å². The summed E-state index contributed by atoms with van der Waals surface area (Å²) in [5.74, 6) is 0.511. The standard InChI is InChI=1S/C19H28N4O/c1-15(2)19(3,4)14-21-18(24)23-11-9-22(10-12-23)17-8-6-5-7-16(17)13-20/h5-8,15H,9-12,14H2,1-4H3,(H,21,24). The van der Waals surface area contributed by atoms with Gasteiger partial charge in [0.25, 0.3) is 0 Å². The van der Waals surface area contributed by atoms with E-state index in [1.54, 1.807) is 0 Å². The average Bonchev–Trinajstić information content (AvgIpc) is 2.59. The summed E-state index contributed by atoms with van der Waals surface area (Å²) < 4.78 is 0. The number of nitrogens with zero attached hydrogens (tertiary/aromatic N) is 3. The molecule has 1 aliphatic heterocycles. The van der Waals surface area contributed by atoms with Crippen LogP contribution in [-0.2, 0) is 0 Å². The second kappa shape index (κ2) is 7.57. The van der Waals surface area contributed by atoms with Crippen LogP contribution in [0.25, 0.3) is 0 Å². The molecular weight excluding hydrogens is 300 g/mol. The molecule has 1 N–H and O–H groups in total. The van der Waals surface area contributed by atoms with Gasteiger partial charge in [-0.3, -0.25) is 0 Å². The Kier molecular flexibility index (Phi) is 5.71. The largest absolute Gasteiger partial charge is 0.367 e. The summed E-state index contributed by atoms with van der Waals surface area (Å²) in [6, 6.07) is 9.88. The van der Waals surface area contributed by atoms with Gasteiger partial charge >= 0.3 is 6.03 Å². The number of urea groups is 1. The van der Waals surface area contributed by atoms with Gasteiger partial charge in [-0.15, -0.1) is 0 Å². The molecule has 0 aromatic heterocycles. The highest BCUT2D eigenvalue weighted by atomic mass is 16.2. The maximum absolute atomic E-state index is 12.4. The van der Waals surface area contributed by atoms with Gasteiger partial charge in [0.2, 0.25) is 0 Å². The third-order valence-electron chi connectivity index (χ3n) is 5.19. The molecule has 0 bridgehead atoms. The number of piperazine rings is 1. The Hall–Kier alpha value is -2.22. The zero-order chi connectivity index (χ0) is 17.7. The van der Waals surface area contributed by atoms with Gasteiger partial charge in [-0.2, -0.15) is 5.26 Å². The van der Waals surface area contributed by atoms with Crippen LogP contribution in [0.5, 0.6) is 0 Å². The van der Waals surface area contributed by atoms with Crippen LogP contribution < -0.4 is 10.2 Å². The predicted octanol–water partition coefficient (Wildman–Crippen LogP) is 3.07. The van der Waals surface area contributed by atoms with Crippen LogP contribution in [0.4, 0.5) is 10.5 Å². The highest BCUT2D eigenvalue weighted by molar-refractivity contribution is 5.74. The van der Waals surface area contributed by atoms with Gasteiger partial charge in [0.15, 0.2) is 0 Å². The molecule has 1 aliphatic rings. The van der Waals surface area contributed by atoms with Crippen molar-refractivity contribution in [3.05, 3.63) is 29.8 Å². The summed E-state index contributed by atoms with van der Waals surface area (Å²) in [6.45, 7) is 12.2. The van der Waals surface area contributed by atoms with Gasteiger partial charge in [0.1, 0.15) is 6.07 Å². The summed E-state index contributed by atoms with van der Waals surface area (Å²) >= 11 is 0. The number of hydrogen-bond donors (Lipinski definition) is 1. The van der Waals surface area contributed by atoms with Crippen molar-refractivity contribution in [2.24, 2.45) is 11.3 Å². The van der Waals surface area contributed by atoms with E-state index in [4.69, 9.17) is 0 Å². The van der Waals surface area contributed by atoms with E-state index < -0.39 is 0 Å². The van der Waals surface area contributed by atoms with E-state index in [0.29, 0.717) is 31.1 Å². The van der Waals surface area contributed by atoms with Gasteiger partial charge in [0.05, 0.1) is 11.3 Å². The van der Waals surface area contributed by atoms with Crippen molar-refractivity contribution >= 4 is 11.7 Å². The van der Waals surface area contributed by atoms with E-state index in [-0.39, 0.29) is 11.4 Å². The Labute approximate surface area is 145 Å². The molecule has 0 spiro atoms. The molecule has 0 unspecified atom stereocenters. The number of carbonyl (C=O) groups is 1. The molecule has 2 rings (SSSR count). The van der Waals surface area contributed by atoms with E-state index in [0.717, 1.165) is 18.8 Å². The number of amides is 2. The average molecular weight is 328 g/mol. The number of nitriles is 1. The number of nitrogens with one attached hydrogen (secondary N) is 1. The number of benzene rings is 1. The van der Waals surface area contributed by atoms with E-state index in [1.165, 1.54) is 0 Å². The Morgan fingerprint density at radius 3 is 2.46 bits per heavy atom. The Bertz CT molecular complexity index is 610. The van der Waals surface area contributed by atoms with E-state index in [2.05, 4.69) is 44.0 Å². The predicted molar refractivity (Wildman–Crippen MR) is 97.0 cm³/mol. The molecule has 1 saturated heterocycles. The molecule has 0 radical (unpaired) electrons. The van der Waals surface area contributed by atoms with Crippen molar-refractivity contribution in [1.82, 2.24) is 10.2 Å². The number of hydrogen-bond acceptors (Lipinski definition) is 3. The first-order valence-electron chi connectivity index (χ1n) is 8.62. The van der Waals surface area contributed by atoms with Crippen molar-refractivity contribution < 1.29 is 4.79 Å². The second-order valence-electron chi connectivity index (χ2n) is 7.41. The Balaban J connectivity index is 1.89. The summed E-state index contributed by atoms with van der Waals surface area (Å²) in [5, 5.41) is 12.3. The number of rotatable bonds is 4. The molecule has 24 heavy (non-hydrogen) atoms. The quantitative estimate of drug-likeness (QED) is 0.924. The summed E-state index contributed by atoms with van der Waals surface area (Å²) in [4.78, 5) is 16.4. The third kappa shape index (κ3) is 4.19. The second-order valence-corrected chi connectivity index (χ2v) is 7.41. The molecular formula is C19H28N4O. The lowest BCUT2D eigenvalue weighted by atomic mass is 9.81. The van der Waals surface area contributed by atoms with Crippen molar-refractivity contribution in [3.63, 3.8) is 0 Å².